The SMILES string of the molecule is Cc1cccc(OCCN(C)C(=O)CCc2c(C)nn(CC(C)C)c2C)c1. The van der Waals surface area contributed by atoms with Gasteiger partial charge in [-0.2, -0.15) is 5.10 Å². The first kappa shape index (κ1) is 21.0. The van der Waals surface area contributed by atoms with E-state index in [0.29, 0.717) is 25.5 Å². The van der Waals surface area contributed by atoms with E-state index in [2.05, 4.69) is 30.6 Å². The summed E-state index contributed by atoms with van der Waals surface area (Å²) >= 11 is 0. The fourth-order valence-electron chi connectivity index (χ4n) is 3.17. The van der Waals surface area contributed by atoms with Gasteiger partial charge in [0.15, 0.2) is 0 Å². The van der Waals surface area contributed by atoms with Crippen molar-refractivity contribution in [3.8, 4) is 5.75 Å². The molecule has 0 aliphatic heterocycles. The van der Waals surface area contributed by atoms with Crippen LogP contribution in [0.25, 0.3) is 0 Å². The van der Waals surface area contributed by atoms with Gasteiger partial charge in [-0.3, -0.25) is 9.48 Å². The van der Waals surface area contributed by atoms with Crippen LogP contribution in [0.1, 0.15) is 42.8 Å². The molecule has 0 N–H and O–H groups in total. The second-order valence-electron chi connectivity index (χ2n) is 7.71. The van der Waals surface area contributed by atoms with Gasteiger partial charge in [0.25, 0.3) is 0 Å². The quantitative estimate of drug-likeness (QED) is 0.671. The van der Waals surface area contributed by atoms with E-state index in [0.717, 1.165) is 24.4 Å². The molecule has 0 bridgehead atoms. The highest BCUT2D eigenvalue weighted by Gasteiger charge is 2.15. The van der Waals surface area contributed by atoms with Gasteiger partial charge in [0, 0.05) is 25.7 Å². The monoisotopic (exact) mass is 371 g/mol. The minimum atomic E-state index is 0.137. The van der Waals surface area contributed by atoms with Crippen LogP contribution in [0.15, 0.2) is 24.3 Å². The topological polar surface area (TPSA) is 47.4 Å². The van der Waals surface area contributed by atoms with Crippen LogP contribution in [0.3, 0.4) is 0 Å². The van der Waals surface area contributed by atoms with E-state index < -0.39 is 0 Å². The summed E-state index contributed by atoms with van der Waals surface area (Å²) in [5.41, 5.74) is 4.58. The molecule has 5 nitrogen and oxygen atoms in total. The van der Waals surface area contributed by atoms with Crippen molar-refractivity contribution < 1.29 is 9.53 Å². The highest BCUT2D eigenvalue weighted by molar-refractivity contribution is 5.76. The lowest BCUT2D eigenvalue weighted by Crippen LogP contribution is -2.31. The third-order valence-corrected chi connectivity index (χ3v) is 4.77. The van der Waals surface area contributed by atoms with Crippen LogP contribution in [0.5, 0.6) is 5.75 Å². The summed E-state index contributed by atoms with van der Waals surface area (Å²) in [6.45, 7) is 12.5. The lowest BCUT2D eigenvalue weighted by Gasteiger charge is -2.17. The molecule has 1 heterocycles. The Kier molecular flexibility index (Phi) is 7.45. The average Bonchev–Trinajstić information content (AvgIpc) is 2.85. The van der Waals surface area contributed by atoms with Crippen LogP contribution >= 0.6 is 0 Å². The minimum Gasteiger partial charge on any atom is -0.492 e. The van der Waals surface area contributed by atoms with Gasteiger partial charge in [-0.1, -0.05) is 26.0 Å². The largest absolute Gasteiger partial charge is 0.492 e. The summed E-state index contributed by atoms with van der Waals surface area (Å²) in [5, 5.41) is 4.64. The molecular weight excluding hydrogens is 338 g/mol. The van der Waals surface area contributed by atoms with Gasteiger partial charge in [0.1, 0.15) is 12.4 Å². The molecule has 0 aliphatic rings. The maximum absolute atomic E-state index is 12.5. The maximum Gasteiger partial charge on any atom is 0.222 e. The Morgan fingerprint density at radius 2 is 2.00 bits per heavy atom. The minimum absolute atomic E-state index is 0.137. The Bertz CT molecular complexity index is 765. The van der Waals surface area contributed by atoms with Crippen LogP contribution < -0.4 is 4.74 Å². The zero-order valence-corrected chi connectivity index (χ0v) is 17.6. The van der Waals surface area contributed by atoms with Crippen molar-refractivity contribution in [1.29, 1.82) is 0 Å². The van der Waals surface area contributed by atoms with E-state index in [4.69, 9.17) is 4.74 Å². The molecule has 2 aromatic rings. The number of hydrogen-bond donors (Lipinski definition) is 0. The molecule has 0 spiro atoms. The number of hydrogen-bond acceptors (Lipinski definition) is 3. The summed E-state index contributed by atoms with van der Waals surface area (Å²) in [5.74, 6) is 1.54. The standard InChI is InChI=1S/C22H33N3O2/c1-16(2)15-25-19(5)21(18(4)23-25)10-11-22(26)24(6)12-13-27-20-9-7-8-17(3)14-20/h7-9,14,16H,10-13,15H2,1-6H3. The third kappa shape index (κ3) is 6.12. The molecule has 1 amide bonds. The number of carbonyl (C=O) groups is 1. The molecule has 0 unspecified atom stereocenters. The molecule has 0 fully saturated rings. The van der Waals surface area contributed by atoms with Crippen molar-refractivity contribution in [3.05, 3.63) is 46.8 Å². The van der Waals surface area contributed by atoms with Gasteiger partial charge >= 0.3 is 0 Å². The Morgan fingerprint density at radius 3 is 2.67 bits per heavy atom. The van der Waals surface area contributed by atoms with Gasteiger partial charge in [-0.05, 0) is 56.4 Å². The predicted molar refractivity (Wildman–Crippen MR) is 109 cm³/mol. The summed E-state index contributed by atoms with van der Waals surface area (Å²) in [7, 11) is 1.84. The first-order valence-corrected chi connectivity index (χ1v) is 9.74. The van der Waals surface area contributed by atoms with E-state index in [1.54, 1.807) is 4.90 Å². The van der Waals surface area contributed by atoms with Crippen molar-refractivity contribution in [2.24, 2.45) is 5.92 Å². The Morgan fingerprint density at radius 1 is 1.26 bits per heavy atom. The van der Waals surface area contributed by atoms with E-state index in [-0.39, 0.29) is 5.91 Å². The summed E-state index contributed by atoms with van der Waals surface area (Å²) in [4.78, 5) is 14.2. The van der Waals surface area contributed by atoms with Gasteiger partial charge in [0.05, 0.1) is 12.2 Å². The van der Waals surface area contributed by atoms with Gasteiger partial charge in [0.2, 0.25) is 5.91 Å². The molecule has 0 aliphatic carbocycles. The fourth-order valence-corrected chi connectivity index (χ4v) is 3.17. The van der Waals surface area contributed by atoms with Crippen molar-refractivity contribution in [2.45, 2.75) is 54.0 Å². The van der Waals surface area contributed by atoms with Crippen molar-refractivity contribution in [2.75, 3.05) is 20.2 Å². The number of ether oxygens (including phenoxy) is 1. The lowest BCUT2D eigenvalue weighted by atomic mass is 10.1. The van der Waals surface area contributed by atoms with Crippen molar-refractivity contribution in [3.63, 3.8) is 0 Å². The molecule has 27 heavy (non-hydrogen) atoms. The lowest BCUT2D eigenvalue weighted by molar-refractivity contribution is -0.130. The molecule has 5 heteroatoms. The number of rotatable bonds is 9. The molecule has 0 saturated carbocycles. The third-order valence-electron chi connectivity index (χ3n) is 4.77. The summed E-state index contributed by atoms with van der Waals surface area (Å²) in [6, 6.07) is 7.96. The van der Waals surface area contributed by atoms with Crippen molar-refractivity contribution in [1.82, 2.24) is 14.7 Å². The van der Waals surface area contributed by atoms with Crippen LogP contribution in [-0.2, 0) is 17.8 Å². The Hall–Kier alpha value is -2.30. The highest BCUT2D eigenvalue weighted by Crippen LogP contribution is 2.17. The molecule has 0 atom stereocenters. The number of benzene rings is 1. The maximum atomic E-state index is 12.5. The number of likely N-dealkylation sites (N-methyl/N-ethyl adjacent to an activating group) is 1. The number of amides is 1. The normalized spacial score (nSPS) is 11.1. The van der Waals surface area contributed by atoms with E-state index in [9.17, 15) is 4.79 Å². The Balaban J connectivity index is 1.82. The van der Waals surface area contributed by atoms with Crippen LogP contribution in [0, 0.1) is 26.7 Å². The first-order chi connectivity index (χ1) is 12.8. The van der Waals surface area contributed by atoms with Gasteiger partial charge in [-0.25, -0.2) is 0 Å². The molecule has 2 rings (SSSR count). The molecule has 1 aromatic carbocycles. The number of carbonyl (C=O) groups excluding carboxylic acids is 1. The molecule has 148 valence electrons. The Labute approximate surface area is 163 Å². The van der Waals surface area contributed by atoms with Gasteiger partial charge in [-0.15, -0.1) is 0 Å². The highest BCUT2D eigenvalue weighted by atomic mass is 16.5. The summed E-state index contributed by atoms with van der Waals surface area (Å²) in [6.07, 6.45) is 1.23. The molecule has 1 aromatic heterocycles. The summed E-state index contributed by atoms with van der Waals surface area (Å²) < 4.78 is 7.81. The second-order valence-corrected chi connectivity index (χ2v) is 7.71. The number of nitrogens with zero attached hydrogens (tertiary/aromatic N) is 3. The zero-order chi connectivity index (χ0) is 20.0. The van der Waals surface area contributed by atoms with E-state index in [1.807, 2.05) is 45.2 Å². The first-order valence-electron chi connectivity index (χ1n) is 9.74. The molecular formula is C22H33N3O2. The fraction of sp³-hybridized carbons (Fsp3) is 0.545. The average molecular weight is 372 g/mol. The molecule has 0 saturated heterocycles. The van der Waals surface area contributed by atoms with Gasteiger partial charge < -0.3 is 9.64 Å². The predicted octanol–water partition coefficient (Wildman–Crippen LogP) is 3.93. The van der Waals surface area contributed by atoms with Crippen LogP contribution in [-0.4, -0.2) is 40.8 Å². The van der Waals surface area contributed by atoms with E-state index >= 15 is 0 Å². The second kappa shape index (κ2) is 9.58. The zero-order valence-electron chi connectivity index (χ0n) is 17.6. The number of aryl methyl sites for hydroxylation is 2. The molecule has 0 radical (unpaired) electrons. The van der Waals surface area contributed by atoms with E-state index in [1.165, 1.54) is 16.8 Å². The van der Waals surface area contributed by atoms with Crippen LogP contribution in [0.4, 0.5) is 0 Å². The smallest absolute Gasteiger partial charge is 0.222 e. The van der Waals surface area contributed by atoms with Crippen LogP contribution in [0.2, 0.25) is 0 Å². The number of aromatic nitrogens is 2. The van der Waals surface area contributed by atoms with Crippen molar-refractivity contribution >= 4 is 5.91 Å².